The van der Waals surface area contributed by atoms with Gasteiger partial charge >= 0.3 is 0 Å². The fraction of sp³-hybridized carbons (Fsp3) is 0.188. The Bertz CT molecular complexity index is 788. The molecule has 1 saturated carbocycles. The van der Waals surface area contributed by atoms with Crippen molar-refractivity contribution in [2.24, 2.45) is 0 Å². The highest BCUT2D eigenvalue weighted by Crippen LogP contribution is 2.41. The lowest BCUT2D eigenvalue weighted by atomic mass is 10.2. The van der Waals surface area contributed by atoms with Crippen molar-refractivity contribution in [3.63, 3.8) is 0 Å². The highest BCUT2D eigenvalue weighted by atomic mass is 79.9. The molecule has 4 heteroatoms. The van der Waals surface area contributed by atoms with E-state index in [2.05, 4.69) is 38.7 Å². The Kier molecular flexibility index (Phi) is 2.60. The highest BCUT2D eigenvalue weighted by molar-refractivity contribution is 9.10. The number of aromatic nitrogens is 2. The molecule has 100 valence electrons. The van der Waals surface area contributed by atoms with Gasteiger partial charge in [0.25, 0.3) is 0 Å². The molecule has 1 aliphatic rings. The second kappa shape index (κ2) is 4.35. The maximum atomic E-state index is 9.44. The minimum absolute atomic E-state index is 0.283. The third-order valence-corrected chi connectivity index (χ3v) is 4.18. The van der Waals surface area contributed by atoms with E-state index in [4.69, 9.17) is 4.98 Å². The maximum Gasteiger partial charge on any atom is 0.141 e. The summed E-state index contributed by atoms with van der Waals surface area (Å²) < 4.78 is 3.37. The van der Waals surface area contributed by atoms with Gasteiger partial charge < -0.3 is 9.67 Å². The standard InChI is InChI=1S/C16H13BrN2O/c17-11-3-8-15-14(9-11)18-16(19(15)12-4-5-12)10-1-6-13(20)7-2-10/h1-3,6-9,12,20H,4-5H2. The van der Waals surface area contributed by atoms with Crippen molar-refractivity contribution in [3.8, 4) is 17.1 Å². The summed E-state index contributed by atoms with van der Waals surface area (Å²) in [5, 5.41) is 9.44. The summed E-state index contributed by atoms with van der Waals surface area (Å²) in [6, 6.07) is 14.1. The second-order valence-corrected chi connectivity index (χ2v) is 6.13. The lowest BCUT2D eigenvalue weighted by molar-refractivity contribution is 0.475. The van der Waals surface area contributed by atoms with Crippen molar-refractivity contribution in [3.05, 3.63) is 46.9 Å². The van der Waals surface area contributed by atoms with Crippen LogP contribution in [0.5, 0.6) is 5.75 Å². The molecule has 0 unspecified atom stereocenters. The zero-order valence-electron chi connectivity index (χ0n) is 10.8. The highest BCUT2D eigenvalue weighted by Gasteiger charge is 2.28. The molecule has 2 aromatic carbocycles. The Hall–Kier alpha value is -1.81. The monoisotopic (exact) mass is 328 g/mol. The summed E-state index contributed by atoms with van der Waals surface area (Å²) in [5.41, 5.74) is 3.23. The molecule has 0 aliphatic heterocycles. The number of hydrogen-bond donors (Lipinski definition) is 1. The van der Waals surface area contributed by atoms with E-state index in [1.54, 1.807) is 12.1 Å². The number of aromatic hydroxyl groups is 1. The Labute approximate surface area is 125 Å². The largest absolute Gasteiger partial charge is 0.508 e. The number of rotatable bonds is 2. The molecule has 0 bridgehead atoms. The quantitative estimate of drug-likeness (QED) is 0.751. The van der Waals surface area contributed by atoms with Crippen LogP contribution >= 0.6 is 15.9 Å². The van der Waals surface area contributed by atoms with Gasteiger partial charge in [0.05, 0.1) is 11.0 Å². The van der Waals surface area contributed by atoms with E-state index in [1.165, 1.54) is 18.4 Å². The molecule has 1 heterocycles. The van der Waals surface area contributed by atoms with Crippen molar-refractivity contribution in [1.29, 1.82) is 0 Å². The second-order valence-electron chi connectivity index (χ2n) is 5.22. The normalized spacial score (nSPS) is 14.8. The van der Waals surface area contributed by atoms with Gasteiger partial charge in [0.2, 0.25) is 0 Å². The number of imidazole rings is 1. The van der Waals surface area contributed by atoms with Crippen LogP contribution in [0, 0.1) is 0 Å². The predicted molar refractivity (Wildman–Crippen MR) is 82.8 cm³/mol. The molecule has 0 atom stereocenters. The first-order valence-electron chi connectivity index (χ1n) is 6.69. The van der Waals surface area contributed by atoms with Gasteiger partial charge in [-0.25, -0.2) is 4.98 Å². The Morgan fingerprint density at radius 1 is 1.10 bits per heavy atom. The first kappa shape index (κ1) is 12.0. The Balaban J connectivity index is 1.97. The van der Waals surface area contributed by atoms with Crippen LogP contribution in [0.25, 0.3) is 22.4 Å². The van der Waals surface area contributed by atoms with Crippen LogP contribution < -0.4 is 0 Å². The van der Waals surface area contributed by atoms with E-state index in [0.717, 1.165) is 21.4 Å². The number of hydrogen-bond acceptors (Lipinski definition) is 2. The number of halogens is 1. The fourth-order valence-electron chi connectivity index (χ4n) is 2.59. The van der Waals surface area contributed by atoms with Crippen molar-refractivity contribution < 1.29 is 5.11 Å². The number of fused-ring (bicyclic) bond motifs is 1. The fourth-order valence-corrected chi connectivity index (χ4v) is 2.94. The van der Waals surface area contributed by atoms with Crippen molar-refractivity contribution in [2.45, 2.75) is 18.9 Å². The van der Waals surface area contributed by atoms with E-state index in [-0.39, 0.29) is 5.75 Å². The van der Waals surface area contributed by atoms with Gasteiger partial charge in [-0.05, 0) is 55.3 Å². The van der Waals surface area contributed by atoms with Crippen molar-refractivity contribution >= 4 is 27.0 Å². The number of phenolic OH excluding ortho intramolecular Hbond substituents is 1. The predicted octanol–water partition coefficient (Wildman–Crippen LogP) is 4.51. The lowest BCUT2D eigenvalue weighted by Crippen LogP contribution is -1.97. The van der Waals surface area contributed by atoms with Crippen molar-refractivity contribution in [2.75, 3.05) is 0 Å². The summed E-state index contributed by atoms with van der Waals surface area (Å²) in [6.45, 7) is 0. The van der Waals surface area contributed by atoms with Crippen LogP contribution in [-0.2, 0) is 0 Å². The van der Waals surface area contributed by atoms with Crippen LogP contribution in [-0.4, -0.2) is 14.7 Å². The molecule has 3 nitrogen and oxygen atoms in total. The average Bonchev–Trinajstić information content (AvgIpc) is 3.20. The minimum atomic E-state index is 0.283. The molecule has 1 fully saturated rings. The molecule has 1 aliphatic carbocycles. The number of phenols is 1. The molecule has 0 radical (unpaired) electrons. The van der Waals surface area contributed by atoms with Gasteiger partial charge in [0, 0.05) is 16.1 Å². The average molecular weight is 329 g/mol. The topological polar surface area (TPSA) is 38.1 Å². The van der Waals surface area contributed by atoms with Crippen LogP contribution in [0.4, 0.5) is 0 Å². The van der Waals surface area contributed by atoms with Crippen LogP contribution in [0.3, 0.4) is 0 Å². The van der Waals surface area contributed by atoms with Crippen molar-refractivity contribution in [1.82, 2.24) is 9.55 Å². The Morgan fingerprint density at radius 3 is 2.55 bits per heavy atom. The molecule has 0 saturated heterocycles. The van der Waals surface area contributed by atoms with Gasteiger partial charge in [-0.3, -0.25) is 0 Å². The molecule has 3 aromatic rings. The van der Waals surface area contributed by atoms with Crippen LogP contribution in [0.2, 0.25) is 0 Å². The van der Waals surface area contributed by atoms with Crippen LogP contribution in [0.15, 0.2) is 46.9 Å². The third kappa shape index (κ3) is 1.91. The smallest absolute Gasteiger partial charge is 0.141 e. The maximum absolute atomic E-state index is 9.44. The van der Waals surface area contributed by atoms with Crippen LogP contribution in [0.1, 0.15) is 18.9 Å². The summed E-state index contributed by atoms with van der Waals surface area (Å²) in [7, 11) is 0. The Morgan fingerprint density at radius 2 is 1.85 bits per heavy atom. The van der Waals surface area contributed by atoms with Gasteiger partial charge in [-0.15, -0.1) is 0 Å². The molecular weight excluding hydrogens is 316 g/mol. The molecule has 20 heavy (non-hydrogen) atoms. The summed E-state index contributed by atoms with van der Waals surface area (Å²) >= 11 is 3.50. The summed E-state index contributed by atoms with van der Waals surface area (Å²) in [6.07, 6.45) is 2.43. The minimum Gasteiger partial charge on any atom is -0.508 e. The van der Waals surface area contributed by atoms with E-state index in [0.29, 0.717) is 6.04 Å². The zero-order valence-corrected chi connectivity index (χ0v) is 12.3. The lowest BCUT2D eigenvalue weighted by Gasteiger charge is -2.07. The van der Waals surface area contributed by atoms with E-state index < -0.39 is 0 Å². The van der Waals surface area contributed by atoms with E-state index >= 15 is 0 Å². The molecule has 1 aromatic heterocycles. The van der Waals surface area contributed by atoms with E-state index in [1.807, 2.05) is 12.1 Å². The summed E-state index contributed by atoms with van der Waals surface area (Å²) in [4.78, 5) is 4.79. The number of benzene rings is 2. The SMILES string of the molecule is Oc1ccc(-c2nc3cc(Br)ccc3n2C2CC2)cc1. The molecule has 1 N–H and O–H groups in total. The molecule has 0 spiro atoms. The number of nitrogens with zero attached hydrogens (tertiary/aromatic N) is 2. The van der Waals surface area contributed by atoms with Gasteiger partial charge in [0.15, 0.2) is 0 Å². The van der Waals surface area contributed by atoms with E-state index in [9.17, 15) is 5.11 Å². The first-order valence-corrected chi connectivity index (χ1v) is 7.48. The first-order chi connectivity index (χ1) is 9.72. The molecular formula is C16H13BrN2O. The van der Waals surface area contributed by atoms with Gasteiger partial charge in [-0.1, -0.05) is 15.9 Å². The molecule has 4 rings (SSSR count). The third-order valence-electron chi connectivity index (χ3n) is 3.69. The van der Waals surface area contributed by atoms with Gasteiger partial charge in [-0.2, -0.15) is 0 Å². The zero-order chi connectivity index (χ0) is 13.7. The molecule has 0 amide bonds. The summed E-state index contributed by atoms with van der Waals surface area (Å²) in [5.74, 6) is 1.27. The van der Waals surface area contributed by atoms with Gasteiger partial charge in [0.1, 0.15) is 11.6 Å².